The van der Waals surface area contributed by atoms with Gasteiger partial charge in [-0.05, 0) is 37.7 Å². The van der Waals surface area contributed by atoms with E-state index in [1.807, 2.05) is 23.6 Å². The number of rotatable bonds is 6. The van der Waals surface area contributed by atoms with Gasteiger partial charge in [-0.25, -0.2) is 0 Å². The molecule has 0 radical (unpaired) electrons. The highest BCUT2D eigenvalue weighted by molar-refractivity contribution is 7.98. The Balaban J connectivity index is 2.72. The van der Waals surface area contributed by atoms with Gasteiger partial charge in [0.25, 0.3) is 0 Å². The fourth-order valence-electron chi connectivity index (χ4n) is 2.42. The van der Waals surface area contributed by atoms with Gasteiger partial charge in [-0.3, -0.25) is 10.1 Å². The van der Waals surface area contributed by atoms with Crippen molar-refractivity contribution in [2.75, 3.05) is 18.6 Å². The lowest BCUT2D eigenvalue weighted by Crippen LogP contribution is -2.43. The lowest BCUT2D eigenvalue weighted by atomic mass is 9.99. The molecule has 0 bridgehead atoms. The second-order valence-corrected chi connectivity index (χ2v) is 6.18. The number of nitrogens with one attached hydrogen (secondary N) is 1. The third kappa shape index (κ3) is 3.16. The number of nitrogens with zero attached hydrogens (tertiary/aromatic N) is 1. The molecular weight excluding hydrogens is 232 g/mol. The molecule has 1 amide bonds. The maximum Gasteiger partial charge on any atom is 0.243 e. The lowest BCUT2D eigenvalue weighted by molar-refractivity contribution is -0.133. The van der Waals surface area contributed by atoms with Crippen LogP contribution in [0.15, 0.2) is 0 Å². The molecular formula is C13H26N2OS. The van der Waals surface area contributed by atoms with Crippen LogP contribution in [0.3, 0.4) is 0 Å². The number of thioether (sulfide) groups is 1. The number of amides is 1. The van der Waals surface area contributed by atoms with Gasteiger partial charge in [0.15, 0.2) is 0 Å². The van der Waals surface area contributed by atoms with E-state index in [1.165, 1.54) is 0 Å². The Morgan fingerprint density at radius 3 is 2.65 bits per heavy atom. The normalized spacial score (nSPS) is 31.0. The molecule has 4 heteroatoms. The number of hydrogen-bond acceptors (Lipinski definition) is 3. The third-order valence-corrected chi connectivity index (χ3v) is 4.55. The summed E-state index contributed by atoms with van der Waals surface area (Å²) in [6.45, 7) is 9.33. The average molecular weight is 258 g/mol. The quantitative estimate of drug-likeness (QED) is 0.793. The molecule has 1 saturated heterocycles. The van der Waals surface area contributed by atoms with E-state index < -0.39 is 0 Å². The molecule has 0 aromatic carbocycles. The zero-order chi connectivity index (χ0) is 13.1. The van der Waals surface area contributed by atoms with E-state index in [-0.39, 0.29) is 17.6 Å². The van der Waals surface area contributed by atoms with Crippen LogP contribution in [0.1, 0.15) is 40.5 Å². The molecule has 0 spiro atoms. The fraction of sp³-hybridized carbons (Fsp3) is 0.923. The Hall–Kier alpha value is -0.220. The highest BCUT2D eigenvalue weighted by Crippen LogP contribution is 2.26. The van der Waals surface area contributed by atoms with Crippen molar-refractivity contribution >= 4 is 17.7 Å². The summed E-state index contributed by atoms with van der Waals surface area (Å²) in [5, 5.41) is 3.48. The van der Waals surface area contributed by atoms with Gasteiger partial charge in [-0.1, -0.05) is 20.8 Å². The molecule has 0 aliphatic carbocycles. The molecule has 0 aromatic rings. The van der Waals surface area contributed by atoms with Crippen molar-refractivity contribution in [1.29, 1.82) is 0 Å². The average Bonchev–Trinajstić information content (AvgIpc) is 2.55. The van der Waals surface area contributed by atoms with Crippen LogP contribution < -0.4 is 5.32 Å². The lowest BCUT2D eigenvalue weighted by Gasteiger charge is -2.26. The molecule has 1 aliphatic rings. The van der Waals surface area contributed by atoms with Gasteiger partial charge in [0.1, 0.15) is 0 Å². The van der Waals surface area contributed by atoms with E-state index in [1.54, 1.807) is 0 Å². The highest BCUT2D eigenvalue weighted by Gasteiger charge is 2.45. The maximum atomic E-state index is 12.4. The van der Waals surface area contributed by atoms with Crippen molar-refractivity contribution < 1.29 is 4.79 Å². The molecule has 1 rings (SSSR count). The fourth-order valence-corrected chi connectivity index (χ4v) is 3.10. The number of carbonyl (C=O) groups excluding carboxylic acids is 1. The molecule has 1 heterocycles. The molecule has 0 saturated carbocycles. The Morgan fingerprint density at radius 1 is 1.53 bits per heavy atom. The minimum absolute atomic E-state index is 0.219. The molecule has 17 heavy (non-hydrogen) atoms. The SMILES string of the molecule is CCC1NC(C)(CC)C(=O)N1CC(C)CSC. The van der Waals surface area contributed by atoms with E-state index in [4.69, 9.17) is 0 Å². The van der Waals surface area contributed by atoms with Crippen molar-refractivity contribution in [3.8, 4) is 0 Å². The second-order valence-electron chi connectivity index (χ2n) is 5.27. The molecule has 1 N–H and O–H groups in total. The molecule has 3 atom stereocenters. The summed E-state index contributed by atoms with van der Waals surface area (Å²) < 4.78 is 0. The first kappa shape index (κ1) is 14.8. The molecule has 3 nitrogen and oxygen atoms in total. The molecule has 1 aliphatic heterocycles. The van der Waals surface area contributed by atoms with E-state index >= 15 is 0 Å². The zero-order valence-electron chi connectivity index (χ0n) is 11.7. The van der Waals surface area contributed by atoms with Crippen molar-refractivity contribution in [3.63, 3.8) is 0 Å². The summed E-state index contributed by atoms with van der Waals surface area (Å²) in [4.78, 5) is 14.5. The van der Waals surface area contributed by atoms with Crippen molar-refractivity contribution in [3.05, 3.63) is 0 Å². The summed E-state index contributed by atoms with van der Waals surface area (Å²) in [7, 11) is 0. The van der Waals surface area contributed by atoms with Crippen molar-refractivity contribution in [2.45, 2.75) is 52.2 Å². The van der Waals surface area contributed by atoms with Gasteiger partial charge in [0, 0.05) is 6.54 Å². The van der Waals surface area contributed by atoms with Crippen LogP contribution in [-0.4, -0.2) is 41.1 Å². The van der Waals surface area contributed by atoms with E-state index in [2.05, 4.69) is 32.3 Å². The van der Waals surface area contributed by atoms with Crippen molar-refractivity contribution in [1.82, 2.24) is 10.2 Å². The van der Waals surface area contributed by atoms with Crippen LogP contribution in [0.25, 0.3) is 0 Å². The Morgan fingerprint density at radius 2 is 2.18 bits per heavy atom. The van der Waals surface area contributed by atoms with Gasteiger partial charge in [-0.2, -0.15) is 11.8 Å². The first-order valence-electron chi connectivity index (χ1n) is 6.56. The summed E-state index contributed by atoms with van der Waals surface area (Å²) >= 11 is 1.85. The van der Waals surface area contributed by atoms with Crippen LogP contribution in [0.4, 0.5) is 0 Å². The Kier molecular flexibility index (Phi) is 5.32. The monoisotopic (exact) mass is 258 g/mol. The van der Waals surface area contributed by atoms with E-state index in [0.717, 1.165) is 25.1 Å². The zero-order valence-corrected chi connectivity index (χ0v) is 12.6. The van der Waals surface area contributed by atoms with Crippen LogP contribution >= 0.6 is 11.8 Å². The minimum Gasteiger partial charge on any atom is -0.325 e. The van der Waals surface area contributed by atoms with Crippen LogP contribution in [0.5, 0.6) is 0 Å². The Bertz CT molecular complexity index is 272. The van der Waals surface area contributed by atoms with Crippen LogP contribution in [-0.2, 0) is 4.79 Å². The highest BCUT2D eigenvalue weighted by atomic mass is 32.2. The van der Waals surface area contributed by atoms with Crippen LogP contribution in [0.2, 0.25) is 0 Å². The summed E-state index contributed by atoms with van der Waals surface area (Å²) in [5.74, 6) is 1.95. The second kappa shape index (κ2) is 6.10. The first-order valence-corrected chi connectivity index (χ1v) is 7.95. The summed E-state index contributed by atoms with van der Waals surface area (Å²) in [6, 6.07) is 0. The van der Waals surface area contributed by atoms with Gasteiger partial charge in [-0.15, -0.1) is 0 Å². The standard InChI is InChI=1S/C13H26N2OS/c1-6-11-14-13(4,7-2)12(16)15(11)8-10(3)9-17-5/h10-11,14H,6-9H2,1-5H3. The summed E-state index contributed by atoms with van der Waals surface area (Å²) in [5.41, 5.74) is -0.347. The number of carbonyl (C=O) groups is 1. The van der Waals surface area contributed by atoms with Gasteiger partial charge in [0.2, 0.25) is 5.91 Å². The number of hydrogen-bond donors (Lipinski definition) is 1. The Labute approximate surface area is 110 Å². The van der Waals surface area contributed by atoms with E-state index in [9.17, 15) is 4.79 Å². The molecule has 0 aromatic heterocycles. The largest absolute Gasteiger partial charge is 0.325 e. The third-order valence-electron chi connectivity index (χ3n) is 3.65. The van der Waals surface area contributed by atoms with Gasteiger partial charge in [0.05, 0.1) is 11.7 Å². The van der Waals surface area contributed by atoms with Gasteiger partial charge < -0.3 is 4.90 Å². The molecule has 1 fully saturated rings. The smallest absolute Gasteiger partial charge is 0.243 e. The van der Waals surface area contributed by atoms with Crippen molar-refractivity contribution in [2.24, 2.45) is 5.92 Å². The molecule has 3 unspecified atom stereocenters. The summed E-state index contributed by atoms with van der Waals surface area (Å²) in [6.07, 6.45) is 4.17. The minimum atomic E-state index is -0.347. The first-order chi connectivity index (χ1) is 7.98. The predicted octanol–water partition coefficient (Wildman–Crippen LogP) is 2.32. The van der Waals surface area contributed by atoms with Crippen LogP contribution in [0, 0.1) is 5.92 Å². The topological polar surface area (TPSA) is 32.3 Å². The predicted molar refractivity (Wildman–Crippen MR) is 75.2 cm³/mol. The van der Waals surface area contributed by atoms with Gasteiger partial charge >= 0.3 is 0 Å². The maximum absolute atomic E-state index is 12.4. The van der Waals surface area contributed by atoms with E-state index in [0.29, 0.717) is 5.92 Å². The molecule has 100 valence electrons.